The number of aliphatic hydroxyl groups excluding tert-OH is 1. The molecule has 7 N–H and O–H groups in total. The Labute approximate surface area is 346 Å². The van der Waals surface area contributed by atoms with Crippen molar-refractivity contribution in [2.24, 2.45) is 5.92 Å². The highest BCUT2D eigenvalue weighted by atomic mass is 16.3. The fraction of sp³-hybridized carbons (Fsp3) is 0.556. The van der Waals surface area contributed by atoms with E-state index >= 15 is 0 Å². The van der Waals surface area contributed by atoms with E-state index in [1.807, 2.05) is 67.7 Å². The van der Waals surface area contributed by atoms with E-state index < -0.39 is 59.9 Å². The number of benzene rings is 2. The van der Waals surface area contributed by atoms with Crippen LogP contribution in [0.1, 0.15) is 102 Å². The van der Waals surface area contributed by atoms with E-state index in [2.05, 4.69) is 31.6 Å². The number of hydrogen-bond acceptors (Lipinski definition) is 7. The number of carbonyl (C=O) groups excluding carboxylic acids is 6. The largest absolute Gasteiger partial charge is 0.390 e. The van der Waals surface area contributed by atoms with Gasteiger partial charge in [0, 0.05) is 43.0 Å². The highest BCUT2D eigenvalue weighted by Gasteiger charge is 2.44. The minimum absolute atomic E-state index is 0.0800. The van der Waals surface area contributed by atoms with Crippen LogP contribution in [0.15, 0.2) is 60.8 Å². The van der Waals surface area contributed by atoms with Crippen LogP contribution in [0.4, 0.5) is 0 Å². The number of carbonyl (C=O) groups is 6. The maximum Gasteiger partial charge on any atom is 0.246 e. The lowest BCUT2D eigenvalue weighted by Crippen LogP contribution is -2.60. The van der Waals surface area contributed by atoms with E-state index in [1.54, 1.807) is 0 Å². The molecule has 3 aromatic rings. The van der Waals surface area contributed by atoms with Crippen LogP contribution < -0.4 is 26.6 Å². The maximum atomic E-state index is 14.5. The number of aromatic amines is 1. The van der Waals surface area contributed by atoms with E-state index in [4.69, 9.17) is 0 Å². The van der Waals surface area contributed by atoms with Gasteiger partial charge in [-0.25, -0.2) is 0 Å². The summed E-state index contributed by atoms with van der Waals surface area (Å²) >= 11 is 0. The lowest BCUT2D eigenvalue weighted by atomic mass is 9.84. The van der Waals surface area contributed by atoms with Gasteiger partial charge in [0.15, 0.2) is 0 Å². The fourth-order valence-electron chi connectivity index (χ4n) is 8.80. The molecule has 318 valence electrons. The van der Waals surface area contributed by atoms with Crippen molar-refractivity contribution in [2.75, 3.05) is 13.1 Å². The highest BCUT2D eigenvalue weighted by molar-refractivity contribution is 5.97. The minimum atomic E-state index is -1.30. The van der Waals surface area contributed by atoms with Crippen molar-refractivity contribution < 1.29 is 33.9 Å². The molecule has 2 saturated heterocycles. The van der Waals surface area contributed by atoms with Crippen LogP contribution in [0.5, 0.6) is 0 Å². The van der Waals surface area contributed by atoms with Gasteiger partial charge in [0.1, 0.15) is 30.2 Å². The monoisotopic (exact) mass is 811 g/mol. The molecule has 0 unspecified atom stereocenters. The summed E-state index contributed by atoms with van der Waals surface area (Å²) in [5.74, 6) is -2.85. The van der Waals surface area contributed by atoms with Crippen molar-refractivity contribution in [3.05, 3.63) is 71.9 Å². The molecule has 3 fully saturated rings. The van der Waals surface area contributed by atoms with Crippen LogP contribution in [0.3, 0.4) is 0 Å². The number of H-pyrrole nitrogens is 1. The molecule has 2 aromatic carbocycles. The van der Waals surface area contributed by atoms with Crippen LogP contribution in [0, 0.1) is 5.92 Å². The van der Waals surface area contributed by atoms with E-state index in [0.717, 1.165) is 60.6 Å². The summed E-state index contributed by atoms with van der Waals surface area (Å²) < 4.78 is 0. The molecule has 59 heavy (non-hydrogen) atoms. The van der Waals surface area contributed by atoms with Gasteiger partial charge in [-0.15, -0.1) is 0 Å². The second-order valence-electron chi connectivity index (χ2n) is 16.5. The molecule has 6 amide bonds. The standard InChI is InChI=1S/C45H61N7O7/c1-2-3-18-34-41(55)46-24-12-20-35(48-39(54)22-21-29-13-6-4-7-14-29)45(59)52-25-23-38(53)40(52)44(58)51-36(26-30-15-8-5-9-16-30)42(56)50-37(43(57)49-34)27-31-28-47-33-19-11-10-17-32(31)33/h4,6-7,10-11,13-14,17,19,28,30,34-38,40,47,53H,2-3,5,8-9,12,15-16,18,20-27H2,1H3,(H,46,55)(H,48,54)(H,49,57)(H,50,56)(H,51,58)/t34-,35-,36+,37-,38-,40-/m0/s1. The summed E-state index contributed by atoms with van der Waals surface area (Å²) in [6.07, 6.45) is 8.95. The third-order valence-corrected chi connectivity index (χ3v) is 12.1. The zero-order chi connectivity index (χ0) is 41.7. The first kappa shape index (κ1) is 43.3. The van der Waals surface area contributed by atoms with Gasteiger partial charge in [-0.05, 0) is 61.6 Å². The summed E-state index contributed by atoms with van der Waals surface area (Å²) in [5.41, 5.74) is 2.65. The molecule has 1 aliphatic carbocycles. The van der Waals surface area contributed by atoms with Gasteiger partial charge < -0.3 is 41.6 Å². The zero-order valence-electron chi connectivity index (χ0n) is 34.2. The molecule has 1 aromatic heterocycles. The first-order chi connectivity index (χ1) is 28.6. The lowest BCUT2D eigenvalue weighted by Gasteiger charge is -2.32. The summed E-state index contributed by atoms with van der Waals surface area (Å²) in [6.45, 7) is 2.24. The minimum Gasteiger partial charge on any atom is -0.390 e. The molecule has 6 rings (SSSR count). The molecule has 0 spiro atoms. The first-order valence-electron chi connectivity index (χ1n) is 21.7. The van der Waals surface area contributed by atoms with Gasteiger partial charge in [0.25, 0.3) is 0 Å². The number of nitrogens with one attached hydrogen (secondary N) is 6. The number of hydrogen-bond donors (Lipinski definition) is 7. The van der Waals surface area contributed by atoms with Gasteiger partial charge in [-0.3, -0.25) is 28.8 Å². The zero-order valence-corrected chi connectivity index (χ0v) is 34.2. The number of aryl methyl sites for hydroxylation is 1. The Balaban J connectivity index is 1.29. The number of para-hydroxylation sites is 1. The van der Waals surface area contributed by atoms with Crippen LogP contribution in [0.2, 0.25) is 0 Å². The molecular weight excluding hydrogens is 751 g/mol. The van der Waals surface area contributed by atoms with Crippen molar-refractivity contribution in [3.63, 3.8) is 0 Å². The number of aromatic nitrogens is 1. The van der Waals surface area contributed by atoms with E-state index in [9.17, 15) is 33.9 Å². The summed E-state index contributed by atoms with van der Waals surface area (Å²) in [4.78, 5) is 89.0. The number of rotatable bonds is 11. The Morgan fingerprint density at radius 2 is 1.51 bits per heavy atom. The summed E-state index contributed by atoms with van der Waals surface area (Å²) in [7, 11) is 0. The Morgan fingerprint density at radius 1 is 0.797 bits per heavy atom. The van der Waals surface area contributed by atoms with Gasteiger partial charge in [0.2, 0.25) is 35.4 Å². The maximum absolute atomic E-state index is 14.5. The van der Waals surface area contributed by atoms with Crippen molar-refractivity contribution in [1.29, 1.82) is 0 Å². The van der Waals surface area contributed by atoms with Crippen molar-refractivity contribution in [3.8, 4) is 0 Å². The Hall–Kier alpha value is -5.24. The highest BCUT2D eigenvalue weighted by Crippen LogP contribution is 2.28. The Morgan fingerprint density at radius 3 is 2.29 bits per heavy atom. The topological polar surface area (TPSA) is 202 Å². The molecule has 0 radical (unpaired) electrons. The molecule has 14 heteroatoms. The van der Waals surface area contributed by atoms with Crippen molar-refractivity contribution in [1.82, 2.24) is 36.5 Å². The predicted octanol–water partition coefficient (Wildman–Crippen LogP) is 3.31. The molecule has 0 bridgehead atoms. The summed E-state index contributed by atoms with van der Waals surface area (Å²) in [5, 5.41) is 26.7. The number of aliphatic hydroxyl groups is 1. The molecule has 1 saturated carbocycles. The first-order valence-corrected chi connectivity index (χ1v) is 21.7. The number of fused-ring (bicyclic) bond motifs is 2. The molecule has 3 aliphatic rings. The van der Waals surface area contributed by atoms with Crippen LogP contribution in [0.25, 0.3) is 10.9 Å². The van der Waals surface area contributed by atoms with Gasteiger partial charge in [-0.1, -0.05) is 100 Å². The molecule has 6 atom stereocenters. The van der Waals surface area contributed by atoms with Crippen LogP contribution in [-0.4, -0.2) is 99.8 Å². The molecule has 14 nitrogen and oxygen atoms in total. The second kappa shape index (κ2) is 21.1. The molecule has 3 heterocycles. The van der Waals surface area contributed by atoms with E-state index in [-0.39, 0.29) is 56.5 Å². The SMILES string of the molecule is CCCC[C@@H]1NC(=O)[C@H](Cc2c[nH]c3ccccc23)NC(=O)[C@@H](CC2CCCCC2)NC(=O)[C@@H]2[C@@H](O)CCN2C(=O)[C@@H](NC(=O)CCc2ccccc2)CCCNC1=O. The average molecular weight is 812 g/mol. The number of unbranched alkanes of at least 4 members (excludes halogenated alkanes) is 1. The lowest BCUT2D eigenvalue weighted by molar-refractivity contribution is -0.144. The van der Waals surface area contributed by atoms with Gasteiger partial charge in [0.05, 0.1) is 6.10 Å². The summed E-state index contributed by atoms with van der Waals surface area (Å²) in [6, 6.07) is 11.8. The van der Waals surface area contributed by atoms with Crippen molar-refractivity contribution in [2.45, 2.75) is 140 Å². The smallest absolute Gasteiger partial charge is 0.246 e. The van der Waals surface area contributed by atoms with Crippen LogP contribution >= 0.6 is 0 Å². The van der Waals surface area contributed by atoms with E-state index in [0.29, 0.717) is 32.1 Å². The van der Waals surface area contributed by atoms with Crippen molar-refractivity contribution >= 4 is 46.3 Å². The molecular formula is C45H61N7O7. The third-order valence-electron chi connectivity index (χ3n) is 12.1. The average Bonchev–Trinajstić information content (AvgIpc) is 3.85. The quantitative estimate of drug-likeness (QED) is 0.154. The predicted molar refractivity (Wildman–Crippen MR) is 224 cm³/mol. The Kier molecular flexibility index (Phi) is 15.5. The fourth-order valence-corrected chi connectivity index (χ4v) is 8.80. The second-order valence-corrected chi connectivity index (χ2v) is 16.5. The van der Waals surface area contributed by atoms with Gasteiger partial charge in [-0.2, -0.15) is 0 Å². The molecule has 2 aliphatic heterocycles. The third kappa shape index (κ3) is 11.7. The van der Waals surface area contributed by atoms with Crippen LogP contribution in [-0.2, 0) is 41.6 Å². The normalized spacial score (nSPS) is 25.6. The van der Waals surface area contributed by atoms with Gasteiger partial charge >= 0.3 is 0 Å². The number of nitrogens with zero attached hydrogens (tertiary/aromatic N) is 1. The van der Waals surface area contributed by atoms with E-state index in [1.165, 1.54) is 4.90 Å². The number of amides is 6. The Bertz CT molecular complexity index is 1910.